The van der Waals surface area contributed by atoms with Gasteiger partial charge in [0.05, 0.1) is 19.3 Å². The summed E-state index contributed by atoms with van der Waals surface area (Å²) in [5, 5.41) is 10.5. The second-order valence-corrected chi connectivity index (χ2v) is 6.12. The predicted octanol–water partition coefficient (Wildman–Crippen LogP) is 1.76. The molecule has 3 unspecified atom stereocenters. The molecule has 1 aromatic rings. The molecule has 0 radical (unpaired) electrons. The Bertz CT molecular complexity index is 510. The fourth-order valence-electron chi connectivity index (χ4n) is 3.30. The minimum atomic E-state index is -0.621. The third-order valence-electron chi connectivity index (χ3n) is 4.60. The molecular formula is C17H23NO4. The minimum Gasteiger partial charge on any atom is -0.497 e. The van der Waals surface area contributed by atoms with E-state index in [0.29, 0.717) is 19.5 Å². The molecule has 1 aromatic carbocycles. The van der Waals surface area contributed by atoms with Crippen molar-refractivity contribution in [3.63, 3.8) is 0 Å². The number of hydrogen-bond acceptors (Lipinski definition) is 4. The van der Waals surface area contributed by atoms with Crippen LogP contribution in [0.25, 0.3) is 0 Å². The van der Waals surface area contributed by atoms with E-state index in [-0.39, 0.29) is 17.9 Å². The summed E-state index contributed by atoms with van der Waals surface area (Å²) in [4.78, 5) is 14.0. The van der Waals surface area contributed by atoms with Crippen LogP contribution in [0, 0.1) is 5.92 Å². The van der Waals surface area contributed by atoms with E-state index >= 15 is 0 Å². The molecule has 2 fully saturated rings. The molecule has 1 amide bonds. The molecule has 0 saturated carbocycles. The number of nitrogens with zero attached hydrogens (tertiary/aromatic N) is 1. The second kappa shape index (κ2) is 6.67. The van der Waals surface area contributed by atoms with Gasteiger partial charge in [0.1, 0.15) is 5.75 Å². The van der Waals surface area contributed by atoms with Crippen molar-refractivity contribution in [2.75, 3.05) is 26.8 Å². The Balaban J connectivity index is 1.60. The van der Waals surface area contributed by atoms with Crippen LogP contribution in [0.2, 0.25) is 0 Å². The molecule has 2 saturated heterocycles. The zero-order valence-corrected chi connectivity index (χ0v) is 12.9. The van der Waals surface area contributed by atoms with Gasteiger partial charge in [0, 0.05) is 32.0 Å². The number of aliphatic hydroxyl groups excluding tert-OH is 1. The Morgan fingerprint density at radius 3 is 2.82 bits per heavy atom. The number of benzene rings is 1. The van der Waals surface area contributed by atoms with E-state index in [0.717, 1.165) is 30.8 Å². The van der Waals surface area contributed by atoms with E-state index in [4.69, 9.17) is 9.47 Å². The second-order valence-electron chi connectivity index (χ2n) is 6.12. The van der Waals surface area contributed by atoms with Gasteiger partial charge in [-0.25, -0.2) is 0 Å². The summed E-state index contributed by atoms with van der Waals surface area (Å²) in [6, 6.07) is 7.38. The van der Waals surface area contributed by atoms with Gasteiger partial charge in [0.2, 0.25) is 5.91 Å². The molecule has 2 aliphatic heterocycles. The molecule has 3 atom stereocenters. The fourth-order valence-corrected chi connectivity index (χ4v) is 3.30. The van der Waals surface area contributed by atoms with Crippen LogP contribution in [0.4, 0.5) is 0 Å². The van der Waals surface area contributed by atoms with Gasteiger partial charge in [0.25, 0.3) is 0 Å². The quantitative estimate of drug-likeness (QED) is 0.900. The number of methoxy groups -OCH3 is 1. The van der Waals surface area contributed by atoms with Crippen LogP contribution in [0.15, 0.2) is 24.3 Å². The number of amides is 1. The summed E-state index contributed by atoms with van der Waals surface area (Å²) < 4.78 is 10.7. The lowest BCUT2D eigenvalue weighted by Crippen LogP contribution is -2.33. The highest BCUT2D eigenvalue weighted by molar-refractivity contribution is 5.78. The number of ether oxygens (including phenoxy) is 2. The highest BCUT2D eigenvalue weighted by atomic mass is 16.5. The minimum absolute atomic E-state index is 0.0534. The van der Waals surface area contributed by atoms with Gasteiger partial charge >= 0.3 is 0 Å². The van der Waals surface area contributed by atoms with Crippen molar-refractivity contribution in [1.82, 2.24) is 4.90 Å². The lowest BCUT2D eigenvalue weighted by Gasteiger charge is -2.22. The average Bonchev–Trinajstić information content (AvgIpc) is 3.18. The van der Waals surface area contributed by atoms with Crippen LogP contribution in [0.1, 0.15) is 30.9 Å². The molecule has 22 heavy (non-hydrogen) atoms. The Morgan fingerprint density at radius 2 is 2.18 bits per heavy atom. The Hall–Kier alpha value is -1.59. The number of carbonyl (C=O) groups is 1. The van der Waals surface area contributed by atoms with Crippen LogP contribution in [-0.2, 0) is 9.53 Å². The van der Waals surface area contributed by atoms with Crippen molar-refractivity contribution in [3.8, 4) is 5.75 Å². The van der Waals surface area contributed by atoms with Crippen molar-refractivity contribution in [1.29, 1.82) is 0 Å². The van der Waals surface area contributed by atoms with Crippen molar-refractivity contribution in [2.24, 2.45) is 5.92 Å². The monoisotopic (exact) mass is 305 g/mol. The van der Waals surface area contributed by atoms with E-state index in [9.17, 15) is 9.90 Å². The predicted molar refractivity (Wildman–Crippen MR) is 81.6 cm³/mol. The maximum absolute atomic E-state index is 12.1. The fraction of sp³-hybridized carbons (Fsp3) is 0.588. The van der Waals surface area contributed by atoms with Gasteiger partial charge in [-0.1, -0.05) is 12.1 Å². The number of likely N-dealkylation sites (tertiary alicyclic amines) is 1. The number of hydrogen-bond donors (Lipinski definition) is 1. The lowest BCUT2D eigenvalue weighted by atomic mass is 9.95. The van der Waals surface area contributed by atoms with Crippen molar-refractivity contribution in [3.05, 3.63) is 29.8 Å². The van der Waals surface area contributed by atoms with Gasteiger partial charge < -0.3 is 19.5 Å². The molecule has 0 spiro atoms. The summed E-state index contributed by atoms with van der Waals surface area (Å²) in [6.45, 7) is 2.06. The van der Waals surface area contributed by atoms with E-state index in [1.807, 2.05) is 29.2 Å². The van der Waals surface area contributed by atoms with Gasteiger partial charge in [-0.3, -0.25) is 4.79 Å². The zero-order valence-electron chi connectivity index (χ0n) is 12.9. The Labute approximate surface area is 130 Å². The molecule has 2 aliphatic rings. The molecule has 0 aromatic heterocycles. The summed E-state index contributed by atoms with van der Waals surface area (Å²) in [6.07, 6.45) is 2.05. The summed E-state index contributed by atoms with van der Waals surface area (Å²) in [5.74, 6) is 0.828. The summed E-state index contributed by atoms with van der Waals surface area (Å²) >= 11 is 0. The highest BCUT2D eigenvalue weighted by Crippen LogP contribution is 2.32. The smallest absolute Gasteiger partial charge is 0.223 e. The highest BCUT2D eigenvalue weighted by Gasteiger charge is 2.36. The van der Waals surface area contributed by atoms with Gasteiger partial charge in [-0.15, -0.1) is 0 Å². The normalized spacial score (nSPS) is 26.5. The van der Waals surface area contributed by atoms with Crippen LogP contribution >= 0.6 is 0 Å². The van der Waals surface area contributed by atoms with E-state index in [2.05, 4.69) is 0 Å². The SMILES string of the molecule is COc1ccc(C(O)C2CC(=O)N(CC3CCCO3)C2)cc1. The van der Waals surface area contributed by atoms with Crippen LogP contribution < -0.4 is 4.74 Å². The van der Waals surface area contributed by atoms with Crippen LogP contribution in [0.5, 0.6) is 5.75 Å². The first-order chi connectivity index (χ1) is 10.7. The Kier molecular flexibility index (Phi) is 4.64. The van der Waals surface area contributed by atoms with Crippen molar-refractivity contribution < 1.29 is 19.4 Å². The molecule has 2 heterocycles. The zero-order chi connectivity index (χ0) is 15.5. The first-order valence-electron chi connectivity index (χ1n) is 7.89. The van der Waals surface area contributed by atoms with E-state index in [1.54, 1.807) is 7.11 Å². The molecule has 1 N–H and O–H groups in total. The van der Waals surface area contributed by atoms with Crippen molar-refractivity contribution >= 4 is 5.91 Å². The molecule has 5 heteroatoms. The van der Waals surface area contributed by atoms with Crippen LogP contribution in [-0.4, -0.2) is 48.8 Å². The Morgan fingerprint density at radius 1 is 1.41 bits per heavy atom. The average molecular weight is 305 g/mol. The standard InChI is InChI=1S/C17H23NO4/c1-21-14-6-4-12(5-7-14)17(20)13-9-16(19)18(10-13)11-15-3-2-8-22-15/h4-7,13,15,17,20H,2-3,8-11H2,1H3. The van der Waals surface area contributed by atoms with Gasteiger partial charge in [-0.05, 0) is 30.5 Å². The van der Waals surface area contributed by atoms with Crippen molar-refractivity contribution in [2.45, 2.75) is 31.5 Å². The maximum atomic E-state index is 12.1. The largest absolute Gasteiger partial charge is 0.497 e. The van der Waals surface area contributed by atoms with Gasteiger partial charge in [-0.2, -0.15) is 0 Å². The van der Waals surface area contributed by atoms with Gasteiger partial charge in [0.15, 0.2) is 0 Å². The molecular weight excluding hydrogens is 282 g/mol. The maximum Gasteiger partial charge on any atom is 0.223 e. The topological polar surface area (TPSA) is 59.0 Å². The third kappa shape index (κ3) is 3.25. The first kappa shape index (κ1) is 15.3. The lowest BCUT2D eigenvalue weighted by molar-refractivity contribution is -0.129. The number of rotatable bonds is 5. The molecule has 0 aliphatic carbocycles. The molecule has 120 valence electrons. The molecule has 0 bridgehead atoms. The summed E-state index contributed by atoms with van der Waals surface area (Å²) in [5.41, 5.74) is 0.831. The van der Waals surface area contributed by atoms with E-state index in [1.165, 1.54) is 0 Å². The molecule has 3 rings (SSSR count). The third-order valence-corrected chi connectivity index (χ3v) is 4.60. The number of carbonyl (C=O) groups excluding carboxylic acids is 1. The summed E-state index contributed by atoms with van der Waals surface area (Å²) in [7, 11) is 1.62. The number of aliphatic hydroxyl groups is 1. The first-order valence-corrected chi connectivity index (χ1v) is 7.89. The van der Waals surface area contributed by atoms with E-state index < -0.39 is 6.10 Å². The van der Waals surface area contributed by atoms with Crippen LogP contribution in [0.3, 0.4) is 0 Å². The molecule has 5 nitrogen and oxygen atoms in total.